The summed E-state index contributed by atoms with van der Waals surface area (Å²) in [5.74, 6) is 0.318. The molecule has 0 radical (unpaired) electrons. The highest BCUT2D eigenvalue weighted by Crippen LogP contribution is 2.29. The number of benzene rings is 1. The van der Waals surface area contributed by atoms with E-state index in [1.165, 1.54) is 6.92 Å². The zero-order chi connectivity index (χ0) is 20.6. The second-order valence-corrected chi connectivity index (χ2v) is 7.07. The van der Waals surface area contributed by atoms with E-state index in [1.807, 2.05) is 12.1 Å². The number of nitrogens with one attached hydrogen (secondary N) is 1. The van der Waals surface area contributed by atoms with E-state index < -0.39 is 23.5 Å². The molecule has 1 atom stereocenters. The predicted octanol–water partition coefficient (Wildman–Crippen LogP) is 2.91. The number of nitrogens with zero attached hydrogens (tertiary/aromatic N) is 1. The topological polar surface area (TPSA) is 97.6 Å². The lowest BCUT2D eigenvalue weighted by atomic mass is 9.83. The smallest absolute Gasteiger partial charge is 0.306 e. The fourth-order valence-corrected chi connectivity index (χ4v) is 3.35. The Morgan fingerprint density at radius 3 is 2.46 bits per heavy atom. The number of hydrogen-bond acceptors (Lipinski definition) is 6. The molecule has 1 aliphatic rings. The molecule has 1 saturated carbocycles. The van der Waals surface area contributed by atoms with Crippen molar-refractivity contribution in [2.24, 2.45) is 0 Å². The molecule has 1 aliphatic carbocycles. The average Bonchev–Trinajstić information content (AvgIpc) is 2.72. The van der Waals surface area contributed by atoms with Gasteiger partial charge in [0.15, 0.2) is 17.6 Å². The molecule has 1 N–H and O–H groups in total. The fourth-order valence-electron chi connectivity index (χ4n) is 3.35. The van der Waals surface area contributed by atoms with Crippen molar-refractivity contribution < 1.29 is 23.8 Å². The first-order valence-electron chi connectivity index (χ1n) is 9.56. The molecule has 0 aliphatic heterocycles. The molecule has 7 nitrogen and oxygen atoms in total. The normalized spacial score (nSPS) is 16.4. The van der Waals surface area contributed by atoms with E-state index in [9.17, 15) is 14.9 Å². The Labute approximate surface area is 166 Å². The molecule has 1 aromatic rings. The van der Waals surface area contributed by atoms with E-state index in [0.29, 0.717) is 30.8 Å². The quantitative estimate of drug-likeness (QED) is 0.688. The van der Waals surface area contributed by atoms with Gasteiger partial charge in [0.05, 0.1) is 20.3 Å². The van der Waals surface area contributed by atoms with Gasteiger partial charge in [0.1, 0.15) is 5.54 Å². The number of carbonyl (C=O) groups is 2. The standard InChI is InChI=1S/C21H28N2O5/c1-15(20(25)23-21(14-22)11-5-4-6-12-21)28-19(24)10-8-16-7-9-17(26-2)18(13-16)27-3/h7,9,13,15H,4-6,8,10-12H2,1-3H3,(H,23,25)/t15-/m1/s1. The van der Waals surface area contributed by atoms with Gasteiger partial charge < -0.3 is 19.5 Å². The molecule has 0 saturated heterocycles. The van der Waals surface area contributed by atoms with E-state index in [1.54, 1.807) is 20.3 Å². The molecule has 0 aromatic heterocycles. The summed E-state index contributed by atoms with van der Waals surface area (Å²) in [6.45, 7) is 1.53. The van der Waals surface area contributed by atoms with Crippen LogP contribution in [0.5, 0.6) is 11.5 Å². The maximum atomic E-state index is 12.4. The molecular formula is C21H28N2O5. The summed E-state index contributed by atoms with van der Waals surface area (Å²) in [6, 6.07) is 7.67. The summed E-state index contributed by atoms with van der Waals surface area (Å²) in [5.41, 5.74) is 0.0627. The monoisotopic (exact) mass is 388 g/mol. The summed E-state index contributed by atoms with van der Waals surface area (Å²) in [6.07, 6.45) is 3.81. The van der Waals surface area contributed by atoms with Crippen LogP contribution in [0.15, 0.2) is 18.2 Å². The summed E-state index contributed by atoms with van der Waals surface area (Å²) in [5, 5.41) is 12.2. The number of hydrogen-bond donors (Lipinski definition) is 1. The SMILES string of the molecule is COc1ccc(CCC(=O)O[C@H](C)C(=O)NC2(C#N)CCCCC2)cc1OC. The van der Waals surface area contributed by atoms with Gasteiger partial charge in [-0.05, 0) is 43.9 Å². The third kappa shape index (κ3) is 5.62. The molecular weight excluding hydrogens is 360 g/mol. The Balaban J connectivity index is 1.85. The molecule has 0 heterocycles. The fraction of sp³-hybridized carbons (Fsp3) is 0.571. The third-order valence-electron chi connectivity index (χ3n) is 5.03. The molecule has 152 valence electrons. The van der Waals surface area contributed by atoms with E-state index in [2.05, 4.69) is 11.4 Å². The van der Waals surface area contributed by atoms with Gasteiger partial charge in [-0.2, -0.15) is 5.26 Å². The van der Waals surface area contributed by atoms with Crippen molar-refractivity contribution in [1.82, 2.24) is 5.32 Å². The van der Waals surface area contributed by atoms with Crippen LogP contribution < -0.4 is 14.8 Å². The zero-order valence-electron chi connectivity index (χ0n) is 16.7. The summed E-state index contributed by atoms with van der Waals surface area (Å²) < 4.78 is 15.7. The maximum Gasteiger partial charge on any atom is 0.306 e. The van der Waals surface area contributed by atoms with Crippen LogP contribution in [0, 0.1) is 11.3 Å². The van der Waals surface area contributed by atoms with Crippen LogP contribution in [0.2, 0.25) is 0 Å². The minimum absolute atomic E-state index is 0.135. The van der Waals surface area contributed by atoms with E-state index >= 15 is 0 Å². The number of nitriles is 1. The van der Waals surface area contributed by atoms with Crippen LogP contribution >= 0.6 is 0 Å². The largest absolute Gasteiger partial charge is 0.493 e. The molecule has 0 spiro atoms. The summed E-state index contributed by atoms with van der Waals surface area (Å²) in [7, 11) is 3.11. The molecule has 1 fully saturated rings. The van der Waals surface area contributed by atoms with Crippen molar-refractivity contribution in [3.05, 3.63) is 23.8 Å². The lowest BCUT2D eigenvalue weighted by molar-refractivity contribution is -0.155. The Kier molecular flexibility index (Phi) is 7.68. The molecule has 1 amide bonds. The predicted molar refractivity (Wildman–Crippen MR) is 103 cm³/mol. The second-order valence-electron chi connectivity index (χ2n) is 7.07. The number of amides is 1. The number of rotatable bonds is 8. The Bertz CT molecular complexity index is 735. The molecule has 7 heteroatoms. The van der Waals surface area contributed by atoms with Crippen LogP contribution in [-0.2, 0) is 20.7 Å². The highest BCUT2D eigenvalue weighted by atomic mass is 16.5. The van der Waals surface area contributed by atoms with Gasteiger partial charge in [-0.15, -0.1) is 0 Å². The average molecular weight is 388 g/mol. The first-order chi connectivity index (χ1) is 13.4. The molecule has 1 aromatic carbocycles. The molecule has 2 rings (SSSR count). The molecule has 0 unspecified atom stereocenters. The first-order valence-corrected chi connectivity index (χ1v) is 9.56. The van der Waals surface area contributed by atoms with Crippen molar-refractivity contribution in [3.8, 4) is 17.6 Å². The van der Waals surface area contributed by atoms with Crippen molar-refractivity contribution in [2.45, 2.75) is 63.5 Å². The van der Waals surface area contributed by atoms with Gasteiger partial charge in [0.2, 0.25) is 0 Å². The lowest BCUT2D eigenvalue weighted by Gasteiger charge is -2.32. The number of carbonyl (C=O) groups excluding carboxylic acids is 2. The minimum atomic E-state index is -0.940. The van der Waals surface area contributed by atoms with Crippen LogP contribution in [-0.4, -0.2) is 37.7 Å². The van der Waals surface area contributed by atoms with Gasteiger partial charge in [0.25, 0.3) is 5.91 Å². The van der Waals surface area contributed by atoms with Gasteiger partial charge >= 0.3 is 5.97 Å². The van der Waals surface area contributed by atoms with Crippen molar-refractivity contribution in [2.75, 3.05) is 14.2 Å². The minimum Gasteiger partial charge on any atom is -0.493 e. The van der Waals surface area contributed by atoms with Gasteiger partial charge in [0, 0.05) is 6.42 Å². The van der Waals surface area contributed by atoms with E-state index in [0.717, 1.165) is 24.8 Å². The van der Waals surface area contributed by atoms with Crippen LogP contribution in [0.4, 0.5) is 0 Å². The summed E-state index contributed by atoms with van der Waals surface area (Å²) >= 11 is 0. The zero-order valence-corrected chi connectivity index (χ0v) is 16.7. The van der Waals surface area contributed by atoms with Gasteiger partial charge in [-0.3, -0.25) is 9.59 Å². The Morgan fingerprint density at radius 2 is 1.86 bits per heavy atom. The highest BCUT2D eigenvalue weighted by molar-refractivity contribution is 5.84. The van der Waals surface area contributed by atoms with Gasteiger partial charge in [-0.1, -0.05) is 25.3 Å². The number of methoxy groups -OCH3 is 2. The van der Waals surface area contributed by atoms with Gasteiger partial charge in [-0.25, -0.2) is 0 Å². The van der Waals surface area contributed by atoms with Crippen molar-refractivity contribution in [3.63, 3.8) is 0 Å². The summed E-state index contributed by atoms with van der Waals surface area (Å²) in [4.78, 5) is 24.5. The molecule has 0 bridgehead atoms. The van der Waals surface area contributed by atoms with Crippen molar-refractivity contribution >= 4 is 11.9 Å². The highest BCUT2D eigenvalue weighted by Gasteiger charge is 2.35. The first kappa shape index (κ1) is 21.5. The number of aryl methyl sites for hydroxylation is 1. The van der Waals surface area contributed by atoms with Crippen LogP contribution in [0.1, 0.15) is 51.0 Å². The third-order valence-corrected chi connectivity index (χ3v) is 5.03. The number of ether oxygens (including phenoxy) is 3. The Morgan fingerprint density at radius 1 is 1.18 bits per heavy atom. The van der Waals surface area contributed by atoms with Crippen LogP contribution in [0.25, 0.3) is 0 Å². The maximum absolute atomic E-state index is 12.4. The number of esters is 1. The Hall–Kier alpha value is -2.75. The van der Waals surface area contributed by atoms with E-state index in [-0.39, 0.29) is 6.42 Å². The van der Waals surface area contributed by atoms with Crippen molar-refractivity contribution in [1.29, 1.82) is 5.26 Å². The second kappa shape index (κ2) is 9.98. The molecule has 28 heavy (non-hydrogen) atoms. The van der Waals surface area contributed by atoms with Crippen LogP contribution in [0.3, 0.4) is 0 Å². The lowest BCUT2D eigenvalue weighted by Crippen LogP contribution is -2.52. The van der Waals surface area contributed by atoms with E-state index in [4.69, 9.17) is 14.2 Å².